The van der Waals surface area contributed by atoms with Crippen LogP contribution in [0.3, 0.4) is 0 Å². The van der Waals surface area contributed by atoms with Crippen molar-refractivity contribution in [3.8, 4) is 0 Å². The first-order valence-corrected chi connectivity index (χ1v) is 3.56. The minimum atomic E-state index is -1.10. The Morgan fingerprint density at radius 1 is 0.857 bits per heavy atom. The van der Waals surface area contributed by atoms with Crippen molar-refractivity contribution in [2.75, 3.05) is 0 Å². The monoisotopic (exact) mass is 198 g/mol. The van der Waals surface area contributed by atoms with Gasteiger partial charge in [-0.15, -0.1) is 20.4 Å². The molecular weight excluding hydrogens is 192 g/mol. The van der Waals surface area contributed by atoms with Crippen molar-refractivity contribution in [3.63, 3.8) is 0 Å². The minimum Gasteiger partial charge on any atom is -0.481 e. The van der Waals surface area contributed by atoms with E-state index in [1.807, 2.05) is 0 Å². The molecule has 1 aromatic heterocycles. The molecule has 8 heteroatoms. The summed E-state index contributed by atoms with van der Waals surface area (Å²) in [6, 6.07) is 0. The molecular formula is C6H6N4O4. The van der Waals surface area contributed by atoms with Gasteiger partial charge >= 0.3 is 11.9 Å². The maximum atomic E-state index is 10.2. The molecule has 74 valence electrons. The van der Waals surface area contributed by atoms with Crippen LogP contribution in [0.15, 0.2) is 0 Å². The van der Waals surface area contributed by atoms with Gasteiger partial charge in [0.15, 0.2) is 11.6 Å². The highest BCUT2D eigenvalue weighted by molar-refractivity contribution is 5.69. The van der Waals surface area contributed by atoms with E-state index in [0.29, 0.717) is 0 Å². The van der Waals surface area contributed by atoms with Gasteiger partial charge in [0.05, 0.1) is 0 Å². The zero-order valence-electron chi connectivity index (χ0n) is 6.91. The zero-order valence-corrected chi connectivity index (χ0v) is 6.91. The Bertz CT molecular complexity index is 314. The topological polar surface area (TPSA) is 126 Å². The zero-order chi connectivity index (χ0) is 10.6. The lowest BCUT2D eigenvalue weighted by molar-refractivity contribution is -0.137. The summed E-state index contributed by atoms with van der Waals surface area (Å²) < 4.78 is 0. The van der Waals surface area contributed by atoms with Crippen LogP contribution >= 0.6 is 0 Å². The van der Waals surface area contributed by atoms with Gasteiger partial charge in [0.1, 0.15) is 12.8 Å². The van der Waals surface area contributed by atoms with Crippen molar-refractivity contribution >= 4 is 11.9 Å². The molecule has 8 nitrogen and oxygen atoms in total. The third kappa shape index (κ3) is 3.09. The summed E-state index contributed by atoms with van der Waals surface area (Å²) in [5.74, 6) is -2.29. The van der Waals surface area contributed by atoms with Crippen LogP contribution in [0.2, 0.25) is 0 Å². The molecule has 0 saturated carbocycles. The van der Waals surface area contributed by atoms with Gasteiger partial charge in [0, 0.05) is 0 Å². The van der Waals surface area contributed by atoms with Crippen molar-refractivity contribution < 1.29 is 19.8 Å². The number of nitrogens with zero attached hydrogens (tertiary/aromatic N) is 4. The van der Waals surface area contributed by atoms with E-state index in [9.17, 15) is 9.59 Å². The van der Waals surface area contributed by atoms with Crippen LogP contribution in [0.5, 0.6) is 0 Å². The van der Waals surface area contributed by atoms with Gasteiger partial charge in [-0.05, 0) is 0 Å². The Morgan fingerprint density at radius 3 is 1.36 bits per heavy atom. The molecule has 2 N–H and O–H groups in total. The Kier molecular flexibility index (Phi) is 3.00. The normalized spacial score (nSPS) is 9.71. The molecule has 1 aromatic rings. The standard InChI is InChI=1S/C6H6N4O4/c11-5(12)1-3-7-9-4(10-8-3)2-6(13)14/h1-2H2,(H,11,12)(H,13,14). The Labute approximate surface area is 77.6 Å². The molecule has 0 bridgehead atoms. The maximum absolute atomic E-state index is 10.2. The van der Waals surface area contributed by atoms with Gasteiger partial charge in [0.2, 0.25) is 0 Å². The summed E-state index contributed by atoms with van der Waals surface area (Å²) in [6.07, 6.45) is -0.763. The second-order valence-electron chi connectivity index (χ2n) is 2.37. The Morgan fingerprint density at radius 2 is 1.14 bits per heavy atom. The van der Waals surface area contributed by atoms with E-state index in [2.05, 4.69) is 20.4 Å². The number of carboxylic acid groups (broad SMARTS) is 2. The van der Waals surface area contributed by atoms with Crippen LogP contribution in [-0.2, 0) is 22.4 Å². The molecule has 14 heavy (non-hydrogen) atoms. The van der Waals surface area contributed by atoms with E-state index in [1.54, 1.807) is 0 Å². The van der Waals surface area contributed by atoms with Gasteiger partial charge in [0.25, 0.3) is 0 Å². The van der Waals surface area contributed by atoms with Crippen LogP contribution < -0.4 is 0 Å². The van der Waals surface area contributed by atoms with Crippen molar-refractivity contribution in [1.29, 1.82) is 0 Å². The molecule has 1 rings (SSSR count). The van der Waals surface area contributed by atoms with Crippen molar-refractivity contribution in [2.45, 2.75) is 12.8 Å². The summed E-state index contributed by atoms with van der Waals surface area (Å²) in [4.78, 5) is 20.4. The van der Waals surface area contributed by atoms with Crippen LogP contribution in [-0.4, -0.2) is 42.5 Å². The minimum absolute atomic E-state index is 0.0494. The average molecular weight is 198 g/mol. The summed E-state index contributed by atoms with van der Waals surface area (Å²) in [5.41, 5.74) is 0. The molecule has 0 unspecified atom stereocenters. The van der Waals surface area contributed by atoms with Crippen LogP contribution in [0.1, 0.15) is 11.6 Å². The van der Waals surface area contributed by atoms with Gasteiger partial charge in [-0.25, -0.2) is 0 Å². The number of aliphatic carboxylic acids is 2. The van der Waals surface area contributed by atoms with Gasteiger partial charge < -0.3 is 10.2 Å². The van der Waals surface area contributed by atoms with Crippen LogP contribution in [0.4, 0.5) is 0 Å². The number of carboxylic acids is 2. The molecule has 0 fully saturated rings. The van der Waals surface area contributed by atoms with Crippen LogP contribution in [0.25, 0.3) is 0 Å². The molecule has 0 aliphatic heterocycles. The van der Waals surface area contributed by atoms with Crippen LogP contribution in [0, 0.1) is 0 Å². The van der Waals surface area contributed by atoms with E-state index < -0.39 is 11.9 Å². The summed E-state index contributed by atoms with van der Waals surface area (Å²) >= 11 is 0. The number of hydrogen-bond acceptors (Lipinski definition) is 6. The molecule has 0 spiro atoms. The third-order valence-electron chi connectivity index (χ3n) is 1.18. The van der Waals surface area contributed by atoms with E-state index in [-0.39, 0.29) is 24.5 Å². The highest BCUT2D eigenvalue weighted by Gasteiger charge is 2.08. The van der Waals surface area contributed by atoms with Gasteiger partial charge in [-0.3, -0.25) is 9.59 Å². The number of rotatable bonds is 4. The molecule has 0 atom stereocenters. The summed E-state index contributed by atoms with van der Waals surface area (Å²) in [6.45, 7) is 0. The number of hydrogen-bond donors (Lipinski definition) is 2. The van der Waals surface area contributed by atoms with Crippen molar-refractivity contribution in [3.05, 3.63) is 11.6 Å². The first-order chi connectivity index (χ1) is 6.58. The Balaban J connectivity index is 2.68. The lowest BCUT2D eigenvalue weighted by atomic mass is 10.4. The smallest absolute Gasteiger partial charge is 0.311 e. The predicted octanol–water partition coefficient (Wildman–Crippen LogP) is -1.48. The molecule has 0 radical (unpaired) electrons. The predicted molar refractivity (Wildman–Crippen MR) is 40.3 cm³/mol. The first kappa shape index (κ1) is 9.96. The van der Waals surface area contributed by atoms with Crippen molar-refractivity contribution in [2.24, 2.45) is 0 Å². The molecule has 1 heterocycles. The fraction of sp³-hybridized carbons (Fsp3) is 0.333. The number of carbonyl (C=O) groups is 2. The second-order valence-corrected chi connectivity index (χ2v) is 2.37. The largest absolute Gasteiger partial charge is 0.481 e. The summed E-state index contributed by atoms with van der Waals surface area (Å²) in [7, 11) is 0. The van der Waals surface area contributed by atoms with E-state index >= 15 is 0 Å². The third-order valence-corrected chi connectivity index (χ3v) is 1.18. The van der Waals surface area contributed by atoms with E-state index in [1.165, 1.54) is 0 Å². The highest BCUT2D eigenvalue weighted by Crippen LogP contribution is 1.90. The molecule has 0 aliphatic rings. The van der Waals surface area contributed by atoms with Gasteiger partial charge in [-0.2, -0.15) is 0 Å². The molecule has 0 aromatic carbocycles. The summed E-state index contributed by atoms with van der Waals surface area (Å²) in [5, 5.41) is 30.3. The highest BCUT2D eigenvalue weighted by atomic mass is 16.4. The van der Waals surface area contributed by atoms with E-state index in [4.69, 9.17) is 10.2 Å². The van der Waals surface area contributed by atoms with E-state index in [0.717, 1.165) is 0 Å². The Hall–Kier alpha value is -2.12. The lowest BCUT2D eigenvalue weighted by Crippen LogP contribution is -2.12. The molecule has 0 aliphatic carbocycles. The quantitative estimate of drug-likeness (QED) is 0.599. The first-order valence-electron chi connectivity index (χ1n) is 3.56. The fourth-order valence-corrected chi connectivity index (χ4v) is 0.683. The van der Waals surface area contributed by atoms with Crippen molar-refractivity contribution in [1.82, 2.24) is 20.4 Å². The average Bonchev–Trinajstić information content (AvgIpc) is 2.06. The maximum Gasteiger partial charge on any atom is 0.311 e. The molecule has 0 saturated heterocycles. The lowest BCUT2D eigenvalue weighted by Gasteiger charge is -1.94. The SMILES string of the molecule is O=C(O)Cc1nnc(CC(=O)O)nn1. The fourth-order valence-electron chi connectivity index (χ4n) is 0.683. The number of aromatic nitrogens is 4. The second kappa shape index (κ2) is 4.21. The van der Waals surface area contributed by atoms with Gasteiger partial charge in [-0.1, -0.05) is 0 Å². The molecule has 0 amide bonds.